The number of para-hydroxylation sites is 2. The predicted octanol–water partition coefficient (Wildman–Crippen LogP) is 0.911. The second-order valence-corrected chi connectivity index (χ2v) is 7.30. The van der Waals surface area contributed by atoms with Crippen LogP contribution < -0.4 is 20.3 Å². The molecule has 1 saturated heterocycles. The lowest BCUT2D eigenvalue weighted by Crippen LogP contribution is -3.14. The third-order valence-corrected chi connectivity index (χ3v) is 5.18. The van der Waals surface area contributed by atoms with Crippen LogP contribution in [0.1, 0.15) is 22.3 Å². The summed E-state index contributed by atoms with van der Waals surface area (Å²) in [5.74, 6) is 0.289. The Kier molecular flexibility index (Phi) is 8.23. The molecule has 0 atom stereocenters. The van der Waals surface area contributed by atoms with Crippen molar-refractivity contribution in [3.05, 3.63) is 59.7 Å². The molecule has 3 rings (SSSR count). The van der Waals surface area contributed by atoms with Crippen molar-refractivity contribution in [2.45, 2.75) is 12.8 Å². The van der Waals surface area contributed by atoms with Gasteiger partial charge >= 0.3 is 0 Å². The van der Waals surface area contributed by atoms with E-state index in [4.69, 9.17) is 9.47 Å². The molecule has 0 saturated carbocycles. The number of nitrogens with one attached hydrogen (secondary N) is 3. The highest BCUT2D eigenvalue weighted by atomic mass is 16.5. The van der Waals surface area contributed by atoms with Crippen molar-refractivity contribution < 1.29 is 24.0 Å². The summed E-state index contributed by atoms with van der Waals surface area (Å²) in [6.07, 6.45) is 1.08. The molecule has 3 N–H and O–H groups in total. The van der Waals surface area contributed by atoms with Crippen molar-refractivity contribution in [3.63, 3.8) is 0 Å². The molecular formula is C23H30N3O4+. The van der Waals surface area contributed by atoms with Crippen molar-refractivity contribution in [1.82, 2.24) is 5.32 Å². The molecular weight excluding hydrogens is 382 g/mol. The number of amides is 2. The lowest BCUT2D eigenvalue weighted by Gasteiger charge is -2.23. The van der Waals surface area contributed by atoms with E-state index in [0.717, 1.165) is 44.8 Å². The number of methoxy groups -OCH3 is 1. The van der Waals surface area contributed by atoms with Gasteiger partial charge in [0.15, 0.2) is 0 Å². The monoisotopic (exact) mass is 412 g/mol. The maximum absolute atomic E-state index is 12.6. The molecule has 1 fully saturated rings. The topological polar surface area (TPSA) is 81.1 Å². The van der Waals surface area contributed by atoms with Crippen LogP contribution in [0.15, 0.2) is 48.5 Å². The average molecular weight is 413 g/mol. The van der Waals surface area contributed by atoms with E-state index >= 15 is 0 Å². The SMILES string of the molecule is COc1ccccc1CC(=O)Nc1ccccc1C(=O)NCCC[NH+]1CCOCC1. The van der Waals surface area contributed by atoms with Crippen molar-refractivity contribution in [1.29, 1.82) is 0 Å². The predicted molar refractivity (Wildman–Crippen MR) is 115 cm³/mol. The summed E-state index contributed by atoms with van der Waals surface area (Å²) in [5.41, 5.74) is 1.77. The van der Waals surface area contributed by atoms with E-state index in [1.54, 1.807) is 31.4 Å². The fourth-order valence-corrected chi connectivity index (χ4v) is 3.55. The lowest BCUT2D eigenvalue weighted by atomic mass is 10.1. The van der Waals surface area contributed by atoms with Crippen LogP contribution in [0.5, 0.6) is 5.75 Å². The number of carbonyl (C=O) groups excluding carboxylic acids is 2. The first-order chi connectivity index (χ1) is 14.7. The van der Waals surface area contributed by atoms with Gasteiger partial charge in [-0.3, -0.25) is 9.59 Å². The van der Waals surface area contributed by atoms with E-state index in [0.29, 0.717) is 23.5 Å². The highest BCUT2D eigenvalue weighted by Gasteiger charge is 2.16. The standard InChI is InChI=1S/C23H29N3O4/c1-29-21-10-5-2-7-18(21)17-22(27)25-20-9-4-3-8-19(20)23(28)24-11-6-12-26-13-15-30-16-14-26/h2-5,7-10H,6,11-17H2,1H3,(H,24,28)(H,25,27)/p+1. The van der Waals surface area contributed by atoms with Gasteiger partial charge in [-0.15, -0.1) is 0 Å². The quantitative estimate of drug-likeness (QED) is 0.535. The Morgan fingerprint density at radius 3 is 2.60 bits per heavy atom. The molecule has 2 amide bonds. The number of carbonyl (C=O) groups is 2. The molecule has 1 heterocycles. The Labute approximate surface area is 177 Å². The van der Waals surface area contributed by atoms with Crippen molar-refractivity contribution in [2.24, 2.45) is 0 Å². The summed E-state index contributed by atoms with van der Waals surface area (Å²) in [6, 6.07) is 14.5. The second-order valence-electron chi connectivity index (χ2n) is 7.30. The normalized spacial score (nSPS) is 14.2. The molecule has 7 nitrogen and oxygen atoms in total. The molecule has 0 spiro atoms. The molecule has 7 heteroatoms. The Morgan fingerprint density at radius 2 is 1.80 bits per heavy atom. The van der Waals surface area contributed by atoms with Crippen molar-refractivity contribution in [3.8, 4) is 5.75 Å². The van der Waals surface area contributed by atoms with Crippen LogP contribution in [0.3, 0.4) is 0 Å². The highest BCUT2D eigenvalue weighted by Crippen LogP contribution is 2.20. The van der Waals surface area contributed by atoms with Gasteiger partial charge in [-0.2, -0.15) is 0 Å². The van der Waals surface area contributed by atoms with Gasteiger partial charge in [0.25, 0.3) is 5.91 Å². The van der Waals surface area contributed by atoms with Gasteiger partial charge in [-0.1, -0.05) is 30.3 Å². The minimum Gasteiger partial charge on any atom is -0.496 e. The van der Waals surface area contributed by atoms with Gasteiger partial charge in [0, 0.05) is 18.5 Å². The molecule has 0 radical (unpaired) electrons. The molecule has 0 aromatic heterocycles. The van der Waals surface area contributed by atoms with E-state index in [1.807, 2.05) is 24.3 Å². The van der Waals surface area contributed by atoms with Gasteiger partial charge in [0.2, 0.25) is 5.91 Å². The molecule has 0 bridgehead atoms. The van der Waals surface area contributed by atoms with Crippen LogP contribution in [0.4, 0.5) is 5.69 Å². The van der Waals surface area contributed by atoms with E-state index in [1.165, 1.54) is 4.90 Å². The molecule has 0 aliphatic carbocycles. The molecule has 0 unspecified atom stereocenters. The third-order valence-electron chi connectivity index (χ3n) is 5.18. The molecule has 1 aliphatic heterocycles. The lowest BCUT2D eigenvalue weighted by molar-refractivity contribution is -0.908. The summed E-state index contributed by atoms with van der Waals surface area (Å²) in [7, 11) is 1.58. The smallest absolute Gasteiger partial charge is 0.253 e. The first kappa shape index (κ1) is 21.8. The number of ether oxygens (including phenoxy) is 2. The number of hydrogen-bond acceptors (Lipinski definition) is 4. The van der Waals surface area contributed by atoms with Crippen LogP contribution in [0, 0.1) is 0 Å². The van der Waals surface area contributed by atoms with Crippen molar-refractivity contribution in [2.75, 3.05) is 51.8 Å². The van der Waals surface area contributed by atoms with Gasteiger partial charge in [0.05, 0.1) is 44.5 Å². The summed E-state index contributed by atoms with van der Waals surface area (Å²) >= 11 is 0. The summed E-state index contributed by atoms with van der Waals surface area (Å²) in [5, 5.41) is 5.83. The summed E-state index contributed by atoms with van der Waals surface area (Å²) in [4.78, 5) is 26.7. The van der Waals surface area contributed by atoms with E-state index in [2.05, 4.69) is 10.6 Å². The largest absolute Gasteiger partial charge is 0.496 e. The van der Waals surface area contributed by atoms with Gasteiger partial charge in [0.1, 0.15) is 18.8 Å². The van der Waals surface area contributed by atoms with Crippen LogP contribution in [0.25, 0.3) is 0 Å². The highest BCUT2D eigenvalue weighted by molar-refractivity contribution is 6.04. The minimum atomic E-state index is -0.198. The maximum atomic E-state index is 12.6. The maximum Gasteiger partial charge on any atom is 0.253 e. The zero-order valence-corrected chi connectivity index (χ0v) is 17.4. The Balaban J connectivity index is 1.52. The fourth-order valence-electron chi connectivity index (χ4n) is 3.55. The van der Waals surface area contributed by atoms with E-state index < -0.39 is 0 Å². The Morgan fingerprint density at radius 1 is 1.07 bits per heavy atom. The minimum absolute atomic E-state index is 0.169. The molecule has 1 aliphatic rings. The second kappa shape index (κ2) is 11.3. The van der Waals surface area contributed by atoms with Gasteiger partial charge in [-0.25, -0.2) is 0 Å². The zero-order chi connectivity index (χ0) is 21.2. The van der Waals surface area contributed by atoms with Crippen LogP contribution >= 0.6 is 0 Å². The molecule has 30 heavy (non-hydrogen) atoms. The first-order valence-electron chi connectivity index (χ1n) is 10.4. The fraction of sp³-hybridized carbons (Fsp3) is 0.391. The summed E-state index contributed by atoms with van der Waals surface area (Å²) in [6.45, 7) is 5.28. The van der Waals surface area contributed by atoms with Crippen LogP contribution in [-0.4, -0.2) is 58.3 Å². The van der Waals surface area contributed by atoms with Gasteiger partial charge < -0.3 is 25.0 Å². The van der Waals surface area contributed by atoms with E-state index in [-0.39, 0.29) is 18.2 Å². The van der Waals surface area contributed by atoms with Gasteiger partial charge in [-0.05, 0) is 18.2 Å². The average Bonchev–Trinajstić information content (AvgIpc) is 2.78. The molecule has 2 aromatic carbocycles. The Hall–Kier alpha value is -2.90. The van der Waals surface area contributed by atoms with Crippen LogP contribution in [0.2, 0.25) is 0 Å². The number of hydrogen-bond donors (Lipinski definition) is 3. The number of benzene rings is 2. The zero-order valence-electron chi connectivity index (χ0n) is 17.4. The van der Waals surface area contributed by atoms with Crippen LogP contribution in [-0.2, 0) is 16.0 Å². The number of morpholine rings is 1. The number of quaternary nitrogens is 1. The molecule has 160 valence electrons. The Bertz CT molecular complexity index is 850. The number of rotatable bonds is 9. The molecule has 2 aromatic rings. The number of anilines is 1. The third kappa shape index (κ3) is 6.30. The van der Waals surface area contributed by atoms with E-state index in [9.17, 15) is 9.59 Å². The first-order valence-corrected chi connectivity index (χ1v) is 10.4. The summed E-state index contributed by atoms with van der Waals surface area (Å²) < 4.78 is 10.7. The van der Waals surface area contributed by atoms with Crippen molar-refractivity contribution >= 4 is 17.5 Å².